The summed E-state index contributed by atoms with van der Waals surface area (Å²) in [5, 5.41) is 38.3. The lowest BCUT2D eigenvalue weighted by Crippen LogP contribution is -2.04. The lowest BCUT2D eigenvalue weighted by Gasteiger charge is -2.16. The molecule has 0 saturated carbocycles. The molecule has 4 heteroatoms. The number of hydrogen-bond acceptors (Lipinski definition) is 4. The molecule has 0 unspecified atom stereocenters. The van der Waals surface area contributed by atoms with Crippen LogP contribution in [0.25, 0.3) is 0 Å². The summed E-state index contributed by atoms with van der Waals surface area (Å²) < 4.78 is 0. The molecule has 0 saturated heterocycles. The Morgan fingerprint density at radius 1 is 0.818 bits per heavy atom. The van der Waals surface area contributed by atoms with Gasteiger partial charge in [-0.2, -0.15) is 0 Å². The predicted molar refractivity (Wildman–Crippen MR) is 84.9 cm³/mol. The molecule has 2 aromatic carbocycles. The van der Waals surface area contributed by atoms with Crippen LogP contribution in [0.2, 0.25) is 0 Å². The van der Waals surface area contributed by atoms with Crippen LogP contribution in [0.5, 0.6) is 17.2 Å². The van der Waals surface area contributed by atoms with Gasteiger partial charge in [-0.15, -0.1) is 0 Å². The Balaban J connectivity index is 1.87. The number of hydrogen-bond donors (Lipinski definition) is 4. The Morgan fingerprint density at radius 2 is 1.41 bits per heavy atom. The van der Waals surface area contributed by atoms with E-state index in [1.165, 1.54) is 18.2 Å². The van der Waals surface area contributed by atoms with Gasteiger partial charge in [0.05, 0.1) is 6.10 Å². The quantitative estimate of drug-likeness (QED) is 0.658. The van der Waals surface area contributed by atoms with E-state index in [1.54, 1.807) is 12.1 Å². The molecule has 22 heavy (non-hydrogen) atoms. The van der Waals surface area contributed by atoms with Crippen LogP contribution in [0.1, 0.15) is 37.0 Å². The van der Waals surface area contributed by atoms with E-state index in [1.807, 2.05) is 12.1 Å². The predicted octanol–water partition coefficient (Wildman–Crippen LogP) is 3.50. The van der Waals surface area contributed by atoms with Gasteiger partial charge in [0.15, 0.2) is 0 Å². The highest BCUT2D eigenvalue weighted by atomic mass is 16.3. The standard InChI is InChI=1S/C18H22O4/c1-12(8-13-3-5-15(19)6-4-13)2-7-18(22)14-9-16(20)11-17(21)10-14/h3-6,9-12,18-22H,2,7-8H2,1H3/t12-,18-/m0/s1. The summed E-state index contributed by atoms with van der Waals surface area (Å²) in [6.07, 6.45) is 1.54. The number of aliphatic hydroxyl groups is 1. The third-order valence-corrected chi connectivity index (χ3v) is 3.76. The maximum atomic E-state index is 10.2. The van der Waals surface area contributed by atoms with E-state index in [4.69, 9.17) is 0 Å². The summed E-state index contributed by atoms with van der Waals surface area (Å²) in [6, 6.07) is 11.3. The van der Waals surface area contributed by atoms with Crippen LogP contribution in [0, 0.1) is 5.92 Å². The van der Waals surface area contributed by atoms with Crippen LogP contribution in [0.3, 0.4) is 0 Å². The van der Waals surface area contributed by atoms with Crippen LogP contribution in [0.4, 0.5) is 0 Å². The topological polar surface area (TPSA) is 80.9 Å². The summed E-state index contributed by atoms with van der Waals surface area (Å²) in [4.78, 5) is 0. The molecule has 0 amide bonds. The van der Waals surface area contributed by atoms with Crippen LogP contribution < -0.4 is 0 Å². The SMILES string of the molecule is C[C@@H](CC[C@H](O)c1cc(O)cc(O)c1)Cc1ccc(O)cc1. The zero-order valence-electron chi connectivity index (χ0n) is 12.6. The van der Waals surface area contributed by atoms with Gasteiger partial charge in [-0.3, -0.25) is 0 Å². The van der Waals surface area contributed by atoms with E-state index < -0.39 is 6.10 Å². The zero-order chi connectivity index (χ0) is 16.1. The Morgan fingerprint density at radius 3 is 2.00 bits per heavy atom. The first kappa shape index (κ1) is 16.2. The summed E-state index contributed by atoms with van der Waals surface area (Å²) in [7, 11) is 0. The van der Waals surface area contributed by atoms with Gasteiger partial charge < -0.3 is 20.4 Å². The minimum Gasteiger partial charge on any atom is -0.508 e. The Bertz CT molecular complexity index is 587. The third kappa shape index (κ3) is 4.67. The number of benzene rings is 2. The van der Waals surface area contributed by atoms with E-state index in [0.29, 0.717) is 17.9 Å². The number of rotatable bonds is 6. The molecule has 0 radical (unpaired) electrons. The van der Waals surface area contributed by atoms with E-state index in [9.17, 15) is 20.4 Å². The van der Waals surface area contributed by atoms with Gasteiger partial charge in [0, 0.05) is 6.07 Å². The molecule has 4 nitrogen and oxygen atoms in total. The average Bonchev–Trinajstić information content (AvgIpc) is 2.46. The number of aliphatic hydroxyl groups excluding tert-OH is 1. The van der Waals surface area contributed by atoms with Crippen molar-refractivity contribution in [1.29, 1.82) is 0 Å². The van der Waals surface area contributed by atoms with Crippen molar-refractivity contribution in [3.8, 4) is 17.2 Å². The van der Waals surface area contributed by atoms with Crippen LogP contribution in [-0.2, 0) is 6.42 Å². The molecule has 0 spiro atoms. The smallest absolute Gasteiger partial charge is 0.119 e. The molecule has 0 aliphatic rings. The van der Waals surface area contributed by atoms with Gasteiger partial charge in [0.1, 0.15) is 17.2 Å². The van der Waals surface area contributed by atoms with Gasteiger partial charge >= 0.3 is 0 Å². The number of aromatic hydroxyl groups is 3. The number of phenolic OH excluding ortho intramolecular Hbond substituents is 3. The summed E-state index contributed by atoms with van der Waals surface area (Å²) >= 11 is 0. The van der Waals surface area contributed by atoms with Gasteiger partial charge in [0.2, 0.25) is 0 Å². The van der Waals surface area contributed by atoms with Crippen molar-refractivity contribution in [1.82, 2.24) is 0 Å². The number of phenols is 3. The molecule has 0 fully saturated rings. The van der Waals surface area contributed by atoms with Crippen molar-refractivity contribution >= 4 is 0 Å². The molecule has 2 aromatic rings. The van der Waals surface area contributed by atoms with Crippen molar-refractivity contribution in [3.63, 3.8) is 0 Å². The molecular weight excluding hydrogens is 280 g/mol. The summed E-state index contributed by atoms with van der Waals surface area (Å²) in [5.41, 5.74) is 1.67. The second-order valence-electron chi connectivity index (χ2n) is 5.85. The maximum Gasteiger partial charge on any atom is 0.119 e. The van der Waals surface area contributed by atoms with Gasteiger partial charge in [-0.25, -0.2) is 0 Å². The highest BCUT2D eigenvalue weighted by Gasteiger charge is 2.12. The van der Waals surface area contributed by atoms with E-state index in [-0.39, 0.29) is 17.2 Å². The van der Waals surface area contributed by atoms with E-state index in [0.717, 1.165) is 18.4 Å². The summed E-state index contributed by atoms with van der Waals surface area (Å²) in [5.74, 6) is 0.540. The molecule has 0 bridgehead atoms. The largest absolute Gasteiger partial charge is 0.508 e. The first-order valence-corrected chi connectivity index (χ1v) is 7.43. The van der Waals surface area contributed by atoms with E-state index >= 15 is 0 Å². The molecule has 2 atom stereocenters. The molecule has 0 heterocycles. The Hall–Kier alpha value is -2.20. The first-order chi connectivity index (χ1) is 10.4. The summed E-state index contributed by atoms with van der Waals surface area (Å²) in [6.45, 7) is 2.11. The molecule has 118 valence electrons. The van der Waals surface area contributed by atoms with Crippen molar-refractivity contribution in [2.24, 2.45) is 5.92 Å². The van der Waals surface area contributed by atoms with E-state index in [2.05, 4.69) is 6.92 Å². The van der Waals surface area contributed by atoms with Crippen molar-refractivity contribution in [3.05, 3.63) is 53.6 Å². The van der Waals surface area contributed by atoms with Gasteiger partial charge in [0.25, 0.3) is 0 Å². The minimum atomic E-state index is -0.708. The minimum absolute atomic E-state index is 0.0498. The second kappa shape index (κ2) is 7.18. The van der Waals surface area contributed by atoms with Crippen molar-refractivity contribution < 1.29 is 20.4 Å². The normalized spacial score (nSPS) is 13.7. The third-order valence-electron chi connectivity index (χ3n) is 3.76. The van der Waals surface area contributed by atoms with Crippen molar-refractivity contribution in [2.75, 3.05) is 0 Å². The maximum absolute atomic E-state index is 10.2. The monoisotopic (exact) mass is 302 g/mol. The second-order valence-corrected chi connectivity index (χ2v) is 5.85. The molecule has 2 rings (SSSR count). The molecule has 4 N–H and O–H groups in total. The molecule has 0 aliphatic heterocycles. The Kier molecular flexibility index (Phi) is 5.28. The first-order valence-electron chi connectivity index (χ1n) is 7.43. The van der Waals surface area contributed by atoms with Crippen molar-refractivity contribution in [2.45, 2.75) is 32.3 Å². The van der Waals surface area contributed by atoms with Crippen LogP contribution in [-0.4, -0.2) is 20.4 Å². The van der Waals surface area contributed by atoms with Gasteiger partial charge in [-0.05, 0) is 60.6 Å². The fourth-order valence-electron chi connectivity index (χ4n) is 2.56. The lowest BCUT2D eigenvalue weighted by molar-refractivity contribution is 0.157. The lowest BCUT2D eigenvalue weighted by atomic mass is 9.93. The molecule has 0 aromatic heterocycles. The Labute approximate surface area is 130 Å². The van der Waals surface area contributed by atoms with Crippen LogP contribution >= 0.6 is 0 Å². The average molecular weight is 302 g/mol. The molecular formula is C18H22O4. The highest BCUT2D eigenvalue weighted by molar-refractivity contribution is 5.37. The fraction of sp³-hybridized carbons (Fsp3) is 0.333. The highest BCUT2D eigenvalue weighted by Crippen LogP contribution is 2.28. The molecule has 0 aliphatic carbocycles. The van der Waals surface area contributed by atoms with Crippen LogP contribution in [0.15, 0.2) is 42.5 Å². The fourth-order valence-corrected chi connectivity index (χ4v) is 2.56. The zero-order valence-corrected chi connectivity index (χ0v) is 12.6. The van der Waals surface area contributed by atoms with Gasteiger partial charge in [-0.1, -0.05) is 19.1 Å².